The molecule has 2 aliphatic rings. The Kier molecular flexibility index (Phi) is 3.40. The van der Waals surface area contributed by atoms with Gasteiger partial charge in [-0.1, -0.05) is 32.1 Å². The molecule has 1 aliphatic carbocycles. The monoisotopic (exact) mass is 192 g/mol. The zero-order valence-corrected chi connectivity index (χ0v) is 8.24. The van der Waals surface area contributed by atoms with Gasteiger partial charge in [-0.25, -0.2) is 9.59 Å². The van der Waals surface area contributed by atoms with Crippen molar-refractivity contribution in [2.75, 3.05) is 0 Å². The van der Waals surface area contributed by atoms with E-state index in [1.54, 1.807) is 18.2 Å². The number of allylic oxidation sites excluding steroid dienone is 4. The molecule has 2 rings (SSSR count). The number of hydrogen-bond donors (Lipinski definition) is 0. The summed E-state index contributed by atoms with van der Waals surface area (Å²) in [6.45, 7) is 4.00. The summed E-state index contributed by atoms with van der Waals surface area (Å²) >= 11 is 0. The Morgan fingerprint density at radius 1 is 1.14 bits per heavy atom. The number of fused-ring (bicyclic) bond motifs is 1. The fourth-order valence-corrected chi connectivity index (χ4v) is 1.19. The zero-order chi connectivity index (χ0) is 10.6. The molecule has 3 nitrogen and oxygen atoms in total. The molecule has 3 heteroatoms. The molecule has 0 atom stereocenters. The third kappa shape index (κ3) is 1.82. The van der Waals surface area contributed by atoms with Gasteiger partial charge in [-0.15, -0.1) is 0 Å². The van der Waals surface area contributed by atoms with Crippen molar-refractivity contribution in [2.45, 2.75) is 20.3 Å². The van der Waals surface area contributed by atoms with Crippen LogP contribution >= 0.6 is 0 Å². The molecule has 74 valence electrons. The van der Waals surface area contributed by atoms with Crippen molar-refractivity contribution < 1.29 is 14.3 Å². The van der Waals surface area contributed by atoms with Crippen LogP contribution in [0.25, 0.3) is 0 Å². The number of carbonyl (C=O) groups is 2. The summed E-state index contributed by atoms with van der Waals surface area (Å²) < 4.78 is 4.42. The van der Waals surface area contributed by atoms with Gasteiger partial charge in [-0.2, -0.15) is 0 Å². The van der Waals surface area contributed by atoms with Gasteiger partial charge in [0, 0.05) is 0 Å². The van der Waals surface area contributed by atoms with Crippen LogP contribution in [0, 0.1) is 0 Å². The van der Waals surface area contributed by atoms with Gasteiger partial charge in [-0.3, -0.25) is 0 Å². The second-order valence-electron chi connectivity index (χ2n) is 2.54. The van der Waals surface area contributed by atoms with Crippen LogP contribution in [0.2, 0.25) is 0 Å². The predicted octanol–water partition coefficient (Wildman–Crippen LogP) is 1.91. The largest absolute Gasteiger partial charge is 0.386 e. The molecule has 0 amide bonds. The Balaban J connectivity index is 0.000000461. The lowest BCUT2D eigenvalue weighted by Gasteiger charge is -1.86. The highest BCUT2D eigenvalue weighted by Gasteiger charge is 2.32. The van der Waals surface area contributed by atoms with Crippen molar-refractivity contribution in [3.8, 4) is 0 Å². The fraction of sp³-hybridized carbons (Fsp3) is 0.273. The van der Waals surface area contributed by atoms with E-state index in [1.807, 2.05) is 19.9 Å². The summed E-state index contributed by atoms with van der Waals surface area (Å²) in [6, 6.07) is 0. The molecular formula is C11H12O3. The molecule has 0 bridgehead atoms. The van der Waals surface area contributed by atoms with Gasteiger partial charge in [0.25, 0.3) is 0 Å². The maximum Gasteiger partial charge on any atom is 0.346 e. The molecule has 14 heavy (non-hydrogen) atoms. The van der Waals surface area contributed by atoms with E-state index in [1.165, 1.54) is 0 Å². The molecule has 1 fully saturated rings. The van der Waals surface area contributed by atoms with Crippen molar-refractivity contribution >= 4 is 11.9 Å². The van der Waals surface area contributed by atoms with E-state index in [2.05, 4.69) is 4.74 Å². The molecule has 0 spiro atoms. The number of cyclic esters (lactones) is 2. The Hall–Kier alpha value is -1.64. The minimum absolute atomic E-state index is 0.369. The van der Waals surface area contributed by atoms with E-state index in [-0.39, 0.29) is 0 Å². The van der Waals surface area contributed by atoms with Crippen LogP contribution in [-0.4, -0.2) is 11.9 Å². The van der Waals surface area contributed by atoms with Gasteiger partial charge in [0.1, 0.15) is 0 Å². The average molecular weight is 192 g/mol. The van der Waals surface area contributed by atoms with E-state index in [0.29, 0.717) is 17.6 Å². The number of hydrogen-bond acceptors (Lipinski definition) is 3. The molecule has 0 unspecified atom stereocenters. The average Bonchev–Trinajstić information content (AvgIpc) is 2.44. The van der Waals surface area contributed by atoms with Gasteiger partial charge in [0.2, 0.25) is 0 Å². The third-order valence-electron chi connectivity index (χ3n) is 1.77. The highest BCUT2D eigenvalue weighted by atomic mass is 16.6. The van der Waals surface area contributed by atoms with Crippen molar-refractivity contribution in [2.24, 2.45) is 0 Å². The van der Waals surface area contributed by atoms with Gasteiger partial charge in [0.15, 0.2) is 0 Å². The van der Waals surface area contributed by atoms with Crippen LogP contribution in [0.15, 0.2) is 35.5 Å². The maximum absolute atomic E-state index is 11.0. The first kappa shape index (κ1) is 10.4. The van der Waals surface area contributed by atoms with E-state index in [0.717, 1.165) is 0 Å². The quantitative estimate of drug-likeness (QED) is 0.435. The Morgan fingerprint density at radius 2 is 1.79 bits per heavy atom. The summed E-state index contributed by atoms with van der Waals surface area (Å²) in [4.78, 5) is 22.0. The van der Waals surface area contributed by atoms with Crippen molar-refractivity contribution in [3.63, 3.8) is 0 Å². The highest BCUT2D eigenvalue weighted by molar-refractivity contribution is 6.18. The summed E-state index contributed by atoms with van der Waals surface area (Å²) in [6.07, 6.45) is 7.59. The summed E-state index contributed by atoms with van der Waals surface area (Å²) in [5.41, 5.74) is 0.763. The second kappa shape index (κ2) is 4.56. The molecule has 0 N–H and O–H groups in total. The molecule has 1 heterocycles. The van der Waals surface area contributed by atoms with Crippen LogP contribution in [0.1, 0.15) is 20.3 Å². The lowest BCUT2D eigenvalue weighted by molar-refractivity contribution is -0.149. The fourth-order valence-electron chi connectivity index (χ4n) is 1.19. The predicted molar refractivity (Wildman–Crippen MR) is 52.4 cm³/mol. The van der Waals surface area contributed by atoms with E-state index in [4.69, 9.17) is 0 Å². The maximum atomic E-state index is 11.0. The van der Waals surface area contributed by atoms with Crippen molar-refractivity contribution in [1.29, 1.82) is 0 Å². The molecular weight excluding hydrogens is 180 g/mol. The first-order valence-electron chi connectivity index (χ1n) is 4.63. The van der Waals surface area contributed by atoms with Crippen LogP contribution in [0.5, 0.6) is 0 Å². The van der Waals surface area contributed by atoms with Crippen molar-refractivity contribution in [1.82, 2.24) is 0 Å². The molecule has 1 aliphatic heterocycles. The molecule has 0 radical (unpaired) electrons. The lowest BCUT2D eigenvalue weighted by atomic mass is 10.1. The molecule has 0 aromatic carbocycles. The number of rotatable bonds is 0. The highest BCUT2D eigenvalue weighted by Crippen LogP contribution is 2.24. The van der Waals surface area contributed by atoms with Gasteiger partial charge >= 0.3 is 11.9 Å². The minimum atomic E-state index is -0.544. The summed E-state index contributed by atoms with van der Waals surface area (Å²) in [5.74, 6) is -1.08. The molecule has 0 aromatic heterocycles. The topological polar surface area (TPSA) is 43.4 Å². The van der Waals surface area contributed by atoms with E-state index in [9.17, 15) is 9.59 Å². The standard InChI is InChI=1S/C9H6O3.C2H6/c10-8-6-4-2-1-3-5-7(6)9(11)12-8;1-2/h1-2,4-5H,3H2;1-2H3. The van der Waals surface area contributed by atoms with Gasteiger partial charge in [-0.05, 0) is 12.5 Å². The van der Waals surface area contributed by atoms with Crippen molar-refractivity contribution in [3.05, 3.63) is 35.5 Å². The first-order valence-corrected chi connectivity index (χ1v) is 4.63. The van der Waals surface area contributed by atoms with Gasteiger partial charge in [0.05, 0.1) is 11.1 Å². The van der Waals surface area contributed by atoms with Crippen LogP contribution < -0.4 is 0 Å². The third-order valence-corrected chi connectivity index (χ3v) is 1.77. The SMILES string of the molecule is CC.O=C1OC(=O)C2=CCC=CC=C12. The second-order valence-corrected chi connectivity index (χ2v) is 2.54. The Morgan fingerprint density at radius 3 is 2.50 bits per heavy atom. The number of esters is 2. The van der Waals surface area contributed by atoms with Crippen LogP contribution in [0.4, 0.5) is 0 Å². The number of ether oxygens (including phenoxy) is 1. The summed E-state index contributed by atoms with van der Waals surface area (Å²) in [7, 11) is 0. The molecule has 0 aromatic rings. The zero-order valence-electron chi connectivity index (χ0n) is 8.24. The molecule has 0 saturated carbocycles. The van der Waals surface area contributed by atoms with E-state index >= 15 is 0 Å². The number of carbonyl (C=O) groups excluding carboxylic acids is 2. The van der Waals surface area contributed by atoms with Crippen LogP contribution in [-0.2, 0) is 14.3 Å². The Bertz CT molecular complexity index is 346. The first-order chi connectivity index (χ1) is 6.79. The minimum Gasteiger partial charge on any atom is -0.386 e. The van der Waals surface area contributed by atoms with Crippen LogP contribution in [0.3, 0.4) is 0 Å². The lowest BCUT2D eigenvalue weighted by Crippen LogP contribution is -1.97. The smallest absolute Gasteiger partial charge is 0.346 e. The molecule has 1 saturated heterocycles. The van der Waals surface area contributed by atoms with Gasteiger partial charge < -0.3 is 4.74 Å². The Labute approximate surface area is 82.8 Å². The summed E-state index contributed by atoms with van der Waals surface area (Å²) in [5, 5.41) is 0. The normalized spacial score (nSPS) is 18.4. The van der Waals surface area contributed by atoms with E-state index < -0.39 is 11.9 Å².